The van der Waals surface area contributed by atoms with E-state index in [0.717, 1.165) is 22.5 Å². The van der Waals surface area contributed by atoms with Crippen molar-refractivity contribution in [1.82, 2.24) is 26.0 Å². The van der Waals surface area contributed by atoms with E-state index in [-0.39, 0.29) is 42.7 Å². The molecule has 54 heavy (non-hydrogen) atoms. The number of guanidine groups is 1. The number of aliphatic carboxylic acids is 1. The highest BCUT2D eigenvalue weighted by atomic mass is 32.3. The predicted octanol–water partition coefficient (Wildman–Crippen LogP) is -1.82. The number of β-lactam (4-membered cyclic amide) rings is 1. The zero-order valence-electron chi connectivity index (χ0n) is 29.2. The quantitative estimate of drug-likeness (QED) is 0.0354. The molecule has 1 fully saturated rings. The van der Waals surface area contributed by atoms with Gasteiger partial charge in [0.2, 0.25) is 0 Å². The van der Waals surface area contributed by atoms with Gasteiger partial charge in [0, 0.05) is 30.9 Å². The molecule has 296 valence electrons. The lowest BCUT2D eigenvalue weighted by Crippen LogP contribution is -2.76. The summed E-state index contributed by atoms with van der Waals surface area (Å²) >= 11 is 0.963. The van der Waals surface area contributed by atoms with Crippen LogP contribution in [0.1, 0.15) is 49.9 Å². The van der Waals surface area contributed by atoms with Gasteiger partial charge in [0.15, 0.2) is 22.9 Å². The van der Waals surface area contributed by atoms with E-state index in [0.29, 0.717) is 36.3 Å². The number of hydrogen-bond donors (Lipinski definition) is 9. The Hall–Kier alpha value is -5.14. The molecular formula is C30H41N9O13S2. The molecule has 2 amide bonds. The number of aliphatic imine (C=N–C) groups is 1. The lowest BCUT2D eigenvalue weighted by Gasteiger charge is -2.50. The van der Waals surface area contributed by atoms with Crippen molar-refractivity contribution in [1.29, 1.82) is 0 Å². The number of hydrogen-bond acceptors (Lipinski definition) is 18. The van der Waals surface area contributed by atoms with Gasteiger partial charge in [-0.25, -0.2) is 9.78 Å². The van der Waals surface area contributed by atoms with Crippen LogP contribution < -0.4 is 32.2 Å². The molecule has 2 aromatic rings. The number of aliphatic hydroxyl groups excluding tert-OH is 1. The molecule has 0 spiro atoms. The zero-order chi connectivity index (χ0) is 40.0. The SMILES string of the molecule is CC(O/N=C(/C(=O)N[C@@H]1C(=O)N(OS(=O)(=O)O)C1(C)C)c1csc(N)n1)(C(=O)O)[C@H]1CCc2cc(C3CN=C(NCC(O)CN)NC3)ccc2O1.O=CO. The molecule has 3 aliphatic heterocycles. The van der Waals surface area contributed by atoms with Gasteiger partial charge in [-0.1, -0.05) is 17.3 Å². The second-order valence-electron chi connectivity index (χ2n) is 12.9. The van der Waals surface area contributed by atoms with Gasteiger partial charge >= 0.3 is 16.4 Å². The first-order valence-electron chi connectivity index (χ1n) is 16.1. The topological polar surface area (TPSA) is 340 Å². The van der Waals surface area contributed by atoms with Crippen LogP contribution in [-0.2, 0) is 45.1 Å². The Kier molecular flexibility index (Phi) is 13.0. The number of amides is 2. The largest absolute Gasteiger partial charge is 0.485 e. The van der Waals surface area contributed by atoms with Crippen molar-refractivity contribution >= 4 is 62.8 Å². The number of carboxylic acid groups (broad SMARTS) is 2. The van der Waals surface area contributed by atoms with Gasteiger partial charge in [-0.15, -0.1) is 15.6 Å². The van der Waals surface area contributed by atoms with Gasteiger partial charge in [-0.2, -0.15) is 13.5 Å². The van der Waals surface area contributed by atoms with E-state index < -0.39 is 63.3 Å². The number of nitrogens with one attached hydrogen (secondary N) is 3. The third-order valence-corrected chi connectivity index (χ3v) is 9.74. The molecule has 4 heterocycles. The van der Waals surface area contributed by atoms with Gasteiger partial charge in [0.25, 0.3) is 23.9 Å². The molecule has 5 atom stereocenters. The summed E-state index contributed by atoms with van der Waals surface area (Å²) in [6, 6.07) is 4.27. The number of nitrogens with two attached hydrogens (primary N) is 2. The third-order valence-electron chi connectivity index (χ3n) is 8.73. The van der Waals surface area contributed by atoms with Gasteiger partial charge < -0.3 is 52.3 Å². The number of nitrogen functional groups attached to an aromatic ring is 1. The average molecular weight is 800 g/mol. The zero-order valence-corrected chi connectivity index (χ0v) is 30.8. The molecule has 24 heteroatoms. The number of rotatable bonds is 13. The Balaban J connectivity index is 0.00000209. The highest BCUT2D eigenvalue weighted by Crippen LogP contribution is 2.36. The Labute approximate surface area is 312 Å². The first-order valence-corrected chi connectivity index (χ1v) is 18.4. The van der Waals surface area contributed by atoms with Crippen LogP contribution in [0.2, 0.25) is 0 Å². The number of carbonyl (C=O) groups is 4. The Morgan fingerprint density at radius 1 is 1.35 bits per heavy atom. The van der Waals surface area contributed by atoms with E-state index in [9.17, 15) is 33.0 Å². The number of oxime groups is 1. The lowest BCUT2D eigenvalue weighted by atomic mass is 9.84. The summed E-state index contributed by atoms with van der Waals surface area (Å²) < 4.78 is 41.8. The first-order chi connectivity index (χ1) is 25.3. The summed E-state index contributed by atoms with van der Waals surface area (Å²) in [5, 5.41) is 41.2. The van der Waals surface area contributed by atoms with Crippen LogP contribution in [0.15, 0.2) is 33.7 Å². The van der Waals surface area contributed by atoms with Crippen LogP contribution in [0.25, 0.3) is 0 Å². The highest BCUT2D eigenvalue weighted by Gasteiger charge is 2.58. The average Bonchev–Trinajstić information content (AvgIpc) is 3.56. The van der Waals surface area contributed by atoms with Crippen LogP contribution in [0.3, 0.4) is 0 Å². The minimum absolute atomic E-state index is 0.0566. The van der Waals surface area contributed by atoms with Crippen LogP contribution in [0.4, 0.5) is 5.13 Å². The van der Waals surface area contributed by atoms with Crippen molar-refractivity contribution in [3.63, 3.8) is 0 Å². The maximum absolute atomic E-state index is 13.5. The van der Waals surface area contributed by atoms with Crippen molar-refractivity contribution in [3.8, 4) is 5.75 Å². The Morgan fingerprint density at radius 3 is 2.61 bits per heavy atom. The minimum atomic E-state index is -5.03. The van der Waals surface area contributed by atoms with Crippen LogP contribution in [0.5, 0.6) is 5.75 Å². The standard InChI is InChI=1S/C29H39N9O11S2.CH2O2/c1-28(2)22(24(41)38(28)49-51(44,45)46)36-23(40)21(18-13-50-26(31)35-18)37-48-29(3,25(42)43)20-7-5-15-8-14(4-6-19(15)47-20)16-10-32-27(33-11-16)34-12-17(39)9-30;2-1-3/h4,6,8,13,16-17,20,22,39H,5,7,9-12,30H2,1-3H3,(H2,31,35)(H,36,40)(H,42,43)(H2,32,33,34)(H,44,45,46);1H,(H,2,3)/b37-21+;/t17?,20-,22-,29?;/m1./s1. The molecule has 0 saturated carbocycles. The maximum atomic E-state index is 13.5. The molecule has 1 aromatic heterocycles. The van der Waals surface area contributed by atoms with Crippen molar-refractivity contribution in [2.24, 2.45) is 15.9 Å². The summed E-state index contributed by atoms with van der Waals surface area (Å²) in [4.78, 5) is 61.3. The smallest absolute Gasteiger partial charge is 0.418 e. The number of hydroxylamine groups is 2. The van der Waals surface area contributed by atoms with Crippen molar-refractivity contribution in [2.75, 3.05) is 31.9 Å². The number of aryl methyl sites for hydroxylation is 1. The number of ether oxygens (including phenoxy) is 1. The van der Waals surface area contributed by atoms with Crippen molar-refractivity contribution in [3.05, 3.63) is 40.4 Å². The summed E-state index contributed by atoms with van der Waals surface area (Å²) in [5.74, 6) is -2.36. The maximum Gasteiger partial charge on any atom is 0.418 e. The summed E-state index contributed by atoms with van der Waals surface area (Å²) in [6.45, 7) is 5.25. The van der Waals surface area contributed by atoms with Gasteiger partial charge in [0.1, 0.15) is 17.5 Å². The number of carbonyl (C=O) groups excluding carboxylic acids is 2. The van der Waals surface area contributed by atoms with E-state index in [1.54, 1.807) is 6.07 Å². The molecule has 1 aromatic carbocycles. The van der Waals surface area contributed by atoms with Crippen molar-refractivity contribution < 1.29 is 61.3 Å². The molecule has 11 N–H and O–H groups in total. The van der Waals surface area contributed by atoms with Crippen LogP contribution in [0, 0.1) is 0 Å². The summed E-state index contributed by atoms with van der Waals surface area (Å²) in [5.41, 5.74) is 8.91. The summed E-state index contributed by atoms with van der Waals surface area (Å²) in [6.07, 6.45) is -1.08. The third kappa shape index (κ3) is 9.50. The predicted molar refractivity (Wildman–Crippen MR) is 190 cm³/mol. The number of carboxylic acids is 1. The number of aliphatic hydroxyl groups is 1. The Bertz CT molecular complexity index is 1910. The second kappa shape index (κ2) is 16.9. The molecule has 22 nitrogen and oxygen atoms in total. The molecule has 3 aliphatic rings. The fourth-order valence-electron chi connectivity index (χ4n) is 5.63. The molecular weight excluding hydrogens is 759 g/mol. The van der Waals surface area contributed by atoms with E-state index in [2.05, 4.69) is 35.4 Å². The van der Waals surface area contributed by atoms with Crippen LogP contribution in [-0.4, -0.2) is 130 Å². The van der Waals surface area contributed by atoms with Gasteiger partial charge in [0.05, 0.1) is 18.2 Å². The molecule has 0 bridgehead atoms. The number of thiazole rings is 1. The molecule has 0 radical (unpaired) electrons. The lowest BCUT2D eigenvalue weighted by molar-refractivity contribution is -0.218. The van der Waals surface area contributed by atoms with E-state index in [4.69, 9.17) is 35.5 Å². The number of aromatic nitrogens is 1. The minimum Gasteiger partial charge on any atom is -0.485 e. The highest BCUT2D eigenvalue weighted by molar-refractivity contribution is 7.80. The number of benzene rings is 1. The molecule has 5 rings (SSSR count). The Morgan fingerprint density at radius 2 is 2.06 bits per heavy atom. The number of fused-ring (bicyclic) bond motifs is 1. The fraction of sp³-hybridized carbons (Fsp3) is 0.500. The summed E-state index contributed by atoms with van der Waals surface area (Å²) in [7, 11) is -5.03. The van der Waals surface area contributed by atoms with Crippen molar-refractivity contribution in [2.45, 2.75) is 68.9 Å². The monoisotopic (exact) mass is 799 g/mol. The second-order valence-corrected chi connectivity index (χ2v) is 14.8. The van der Waals surface area contributed by atoms with E-state index in [1.807, 2.05) is 12.1 Å². The molecule has 1 saturated heterocycles. The van der Waals surface area contributed by atoms with Gasteiger partial charge in [-0.3, -0.25) is 23.9 Å². The number of anilines is 1. The first kappa shape index (κ1) is 41.6. The molecule has 0 aliphatic carbocycles. The van der Waals surface area contributed by atoms with Crippen LogP contribution >= 0.6 is 11.3 Å². The van der Waals surface area contributed by atoms with E-state index >= 15 is 0 Å². The molecule has 3 unspecified atom stereocenters. The van der Waals surface area contributed by atoms with E-state index in [1.165, 1.54) is 26.2 Å². The number of nitrogens with zero attached hydrogens (tertiary/aromatic N) is 4. The normalized spacial score (nSPS) is 22.2. The fourth-order valence-corrected chi connectivity index (χ4v) is 6.63. The van der Waals surface area contributed by atoms with Gasteiger partial charge in [-0.05, 0) is 50.8 Å².